The number of rotatable bonds is 19. The molecule has 0 saturated carbocycles. The van der Waals surface area contributed by atoms with Crippen LogP contribution in [0.3, 0.4) is 0 Å². The van der Waals surface area contributed by atoms with Crippen LogP contribution in [0.1, 0.15) is 51.5 Å². The second-order valence-electron chi connectivity index (χ2n) is 11.2. The fraction of sp³-hybridized carbons (Fsp3) is 0.517. The minimum atomic E-state index is -1.24. The molecule has 2 rings (SSSR count). The molecule has 15 N–H and O–H groups in total. The van der Waals surface area contributed by atoms with Gasteiger partial charge in [0.2, 0.25) is 17.7 Å². The van der Waals surface area contributed by atoms with Gasteiger partial charge in [-0.05, 0) is 49.7 Å². The Morgan fingerprint density at radius 1 is 0.822 bits per heavy atom. The van der Waals surface area contributed by atoms with E-state index in [1.54, 1.807) is 6.20 Å². The predicted molar refractivity (Wildman–Crippen MR) is 173 cm³/mol. The number of hydrogen-bond acceptors (Lipinski definition) is 7. The summed E-state index contributed by atoms with van der Waals surface area (Å²) in [4.78, 5) is 62.9. The zero-order valence-corrected chi connectivity index (χ0v) is 25.8. The van der Waals surface area contributed by atoms with Gasteiger partial charge in [-0.1, -0.05) is 32.0 Å². The number of benzene rings is 1. The predicted octanol–water partition coefficient (Wildman–Crippen LogP) is -1.27. The van der Waals surface area contributed by atoms with Gasteiger partial charge in [-0.3, -0.25) is 24.4 Å². The molecule has 2 aromatic rings. The number of hydrogen-bond donors (Lipinski definition) is 10. The van der Waals surface area contributed by atoms with Crippen molar-refractivity contribution in [3.05, 3.63) is 36.0 Å². The number of para-hydroxylation sites is 1. The number of carboxylic acids is 1. The van der Waals surface area contributed by atoms with Gasteiger partial charge in [0, 0.05) is 36.6 Å². The van der Waals surface area contributed by atoms with Crippen molar-refractivity contribution in [1.82, 2.24) is 20.9 Å². The molecule has 1 aromatic carbocycles. The molecule has 1 aromatic heterocycles. The van der Waals surface area contributed by atoms with Crippen LogP contribution in [0.25, 0.3) is 10.9 Å². The van der Waals surface area contributed by atoms with Crippen molar-refractivity contribution in [1.29, 1.82) is 0 Å². The van der Waals surface area contributed by atoms with Gasteiger partial charge in [0.15, 0.2) is 11.9 Å². The minimum absolute atomic E-state index is 0.0357. The number of carboxylic acid groups (broad SMARTS) is 1. The summed E-state index contributed by atoms with van der Waals surface area (Å²) < 4.78 is 0. The van der Waals surface area contributed by atoms with Crippen molar-refractivity contribution in [2.45, 2.75) is 76.5 Å². The summed E-state index contributed by atoms with van der Waals surface area (Å²) in [5.41, 5.74) is 29.0. The molecule has 0 spiro atoms. The smallest absolute Gasteiger partial charge is 0.326 e. The second kappa shape index (κ2) is 18.1. The molecule has 0 bridgehead atoms. The first kappa shape index (κ1) is 36.3. The zero-order chi connectivity index (χ0) is 33.5. The van der Waals surface area contributed by atoms with E-state index < -0.39 is 47.9 Å². The average Bonchev–Trinajstić information content (AvgIpc) is 3.37. The number of carbonyl (C=O) groups excluding carboxylic acids is 3. The standard InChI is InChI=1S/C29H47N11O5/c1-16(2)13-22(25(42)38-21(27(44)45)10-6-12-36-29(33)34)40-26(43)23(14-17-15-37-20-9-4-3-7-18(17)20)39-24(41)19(30)8-5-11-35-28(31)32/h3-4,7,9,15-16,19,21-23,37H,5-6,8,10-14,30H2,1-2H3,(H,38,42)(H,39,41)(H,40,43)(H,44,45)(H4,31,32,35)(H4,33,34,36)/t19-,21-,22-,23-/m0/s1. The maximum Gasteiger partial charge on any atom is 0.326 e. The van der Waals surface area contributed by atoms with Gasteiger partial charge in [-0.15, -0.1) is 0 Å². The van der Waals surface area contributed by atoms with E-state index in [1.165, 1.54) is 0 Å². The van der Waals surface area contributed by atoms with E-state index in [0.717, 1.165) is 16.5 Å². The van der Waals surface area contributed by atoms with Crippen molar-refractivity contribution in [3.8, 4) is 0 Å². The molecule has 3 amide bonds. The Bertz CT molecular complexity index is 1350. The van der Waals surface area contributed by atoms with Gasteiger partial charge >= 0.3 is 5.97 Å². The van der Waals surface area contributed by atoms with Crippen LogP contribution < -0.4 is 44.6 Å². The number of nitrogens with two attached hydrogens (primary N) is 5. The first-order valence-corrected chi connectivity index (χ1v) is 14.8. The van der Waals surface area contributed by atoms with Crippen LogP contribution in [0.2, 0.25) is 0 Å². The number of aliphatic imine (C=N–C) groups is 2. The highest BCUT2D eigenvalue weighted by Crippen LogP contribution is 2.19. The Hall–Kier alpha value is -4.86. The molecule has 1 heterocycles. The first-order chi connectivity index (χ1) is 21.3. The summed E-state index contributed by atoms with van der Waals surface area (Å²) in [7, 11) is 0. The summed E-state index contributed by atoms with van der Waals surface area (Å²) in [6.07, 6.45) is 3.16. The number of nitrogens with one attached hydrogen (secondary N) is 4. The van der Waals surface area contributed by atoms with Gasteiger partial charge in [0.05, 0.1) is 6.04 Å². The lowest BCUT2D eigenvalue weighted by atomic mass is 10.00. The SMILES string of the molecule is CC(C)C[C@H](NC(=O)[C@H](Cc1c[nH]c2ccccc12)NC(=O)[C@@H](N)CCCN=C(N)N)C(=O)N[C@@H](CCCN=C(N)N)C(=O)O. The van der Waals surface area contributed by atoms with Crippen LogP contribution in [-0.2, 0) is 25.6 Å². The number of H-pyrrole nitrogens is 1. The molecule has 0 unspecified atom stereocenters. The molecule has 0 aliphatic heterocycles. The molecule has 248 valence electrons. The molecule has 45 heavy (non-hydrogen) atoms. The van der Waals surface area contributed by atoms with Gasteiger partial charge in [0.25, 0.3) is 0 Å². The number of aromatic amines is 1. The van der Waals surface area contributed by atoms with Crippen LogP contribution in [0.5, 0.6) is 0 Å². The third-order valence-electron chi connectivity index (χ3n) is 6.94. The second-order valence-corrected chi connectivity index (χ2v) is 11.2. The Kier molecular flexibility index (Phi) is 14.6. The summed E-state index contributed by atoms with van der Waals surface area (Å²) in [6, 6.07) is 3.17. The highest BCUT2D eigenvalue weighted by molar-refractivity contribution is 5.95. The Morgan fingerprint density at radius 3 is 1.98 bits per heavy atom. The van der Waals surface area contributed by atoms with Gasteiger partial charge in [-0.2, -0.15) is 0 Å². The van der Waals surface area contributed by atoms with Crippen LogP contribution in [-0.4, -0.2) is 83.0 Å². The highest BCUT2D eigenvalue weighted by atomic mass is 16.4. The molecular weight excluding hydrogens is 582 g/mol. The summed E-state index contributed by atoms with van der Waals surface area (Å²) >= 11 is 0. The van der Waals surface area contributed by atoms with Crippen molar-refractivity contribution < 1.29 is 24.3 Å². The topological polar surface area (TPSA) is 295 Å². The fourth-order valence-electron chi connectivity index (χ4n) is 4.67. The van der Waals surface area contributed by atoms with Gasteiger partial charge < -0.3 is 54.7 Å². The molecule has 4 atom stereocenters. The van der Waals surface area contributed by atoms with E-state index >= 15 is 0 Å². The van der Waals surface area contributed by atoms with E-state index in [2.05, 4.69) is 30.9 Å². The largest absolute Gasteiger partial charge is 0.480 e. The molecule has 0 radical (unpaired) electrons. The number of fused-ring (bicyclic) bond motifs is 1. The van der Waals surface area contributed by atoms with Crippen molar-refractivity contribution >= 4 is 46.5 Å². The van der Waals surface area contributed by atoms with Crippen molar-refractivity contribution in [2.24, 2.45) is 44.6 Å². The lowest BCUT2D eigenvalue weighted by Gasteiger charge is -2.26. The lowest BCUT2D eigenvalue weighted by molar-refractivity contribution is -0.142. The summed E-state index contributed by atoms with van der Waals surface area (Å²) in [6.45, 7) is 4.21. The molecule has 0 aliphatic carbocycles. The Morgan fingerprint density at radius 2 is 1.38 bits per heavy atom. The maximum atomic E-state index is 13.7. The Labute approximate surface area is 262 Å². The number of amides is 3. The molecular formula is C29H47N11O5. The number of nitrogens with zero attached hydrogens (tertiary/aromatic N) is 2. The van der Waals surface area contributed by atoms with Gasteiger partial charge in [0.1, 0.15) is 18.1 Å². The van der Waals surface area contributed by atoms with Crippen molar-refractivity contribution in [2.75, 3.05) is 13.1 Å². The third-order valence-corrected chi connectivity index (χ3v) is 6.94. The fourth-order valence-corrected chi connectivity index (χ4v) is 4.67. The maximum absolute atomic E-state index is 13.7. The third kappa shape index (κ3) is 12.7. The zero-order valence-electron chi connectivity index (χ0n) is 25.8. The lowest BCUT2D eigenvalue weighted by Crippen LogP contribution is -2.57. The first-order valence-electron chi connectivity index (χ1n) is 14.8. The van der Waals surface area contributed by atoms with E-state index in [0.29, 0.717) is 19.4 Å². The quantitative estimate of drug-likeness (QED) is 0.0499. The molecule has 0 fully saturated rings. The monoisotopic (exact) mass is 629 g/mol. The van der Waals surface area contributed by atoms with E-state index in [-0.39, 0.29) is 50.1 Å². The Balaban J connectivity index is 2.24. The highest BCUT2D eigenvalue weighted by Gasteiger charge is 2.31. The number of carbonyl (C=O) groups is 4. The van der Waals surface area contributed by atoms with E-state index in [9.17, 15) is 24.3 Å². The molecule has 0 saturated heterocycles. The number of aromatic nitrogens is 1. The number of aliphatic carboxylic acids is 1. The molecule has 16 heteroatoms. The van der Waals surface area contributed by atoms with Crippen LogP contribution in [0, 0.1) is 5.92 Å². The van der Waals surface area contributed by atoms with Crippen LogP contribution >= 0.6 is 0 Å². The summed E-state index contributed by atoms with van der Waals surface area (Å²) in [5.74, 6) is -3.30. The van der Waals surface area contributed by atoms with Crippen LogP contribution in [0.4, 0.5) is 0 Å². The molecule has 0 aliphatic rings. The van der Waals surface area contributed by atoms with E-state index in [4.69, 9.17) is 28.7 Å². The van der Waals surface area contributed by atoms with E-state index in [1.807, 2.05) is 38.1 Å². The normalized spacial score (nSPS) is 13.7. The average molecular weight is 630 g/mol. The van der Waals surface area contributed by atoms with Crippen molar-refractivity contribution in [3.63, 3.8) is 0 Å². The van der Waals surface area contributed by atoms with Crippen LogP contribution in [0.15, 0.2) is 40.4 Å². The summed E-state index contributed by atoms with van der Waals surface area (Å²) in [5, 5.41) is 18.5. The number of guanidine groups is 2. The van der Waals surface area contributed by atoms with Gasteiger partial charge in [-0.25, -0.2) is 4.79 Å². The molecule has 16 nitrogen and oxygen atoms in total. The minimum Gasteiger partial charge on any atom is -0.480 e.